The molecule has 0 saturated heterocycles. The van der Waals surface area contributed by atoms with E-state index < -0.39 is 0 Å². The molecule has 2 rings (SSSR count). The van der Waals surface area contributed by atoms with Crippen LogP contribution in [0.15, 0.2) is 22.7 Å². The predicted molar refractivity (Wildman–Crippen MR) is 82.0 cm³/mol. The monoisotopic (exact) mass is 341 g/mol. The second-order valence-corrected chi connectivity index (χ2v) is 6.59. The number of hydrogen-bond acceptors (Lipinski definition) is 2. The molecule has 0 atom stereocenters. The lowest BCUT2D eigenvalue weighted by molar-refractivity contribution is -0.128. The molecule has 4 heteroatoms. The summed E-state index contributed by atoms with van der Waals surface area (Å²) in [7, 11) is 0. The summed E-state index contributed by atoms with van der Waals surface area (Å²) < 4.78 is 13.8. The Morgan fingerprint density at radius 2 is 1.90 bits per heavy atom. The van der Waals surface area contributed by atoms with Crippen LogP contribution >= 0.6 is 15.9 Å². The first kappa shape index (κ1) is 15.6. The van der Waals surface area contributed by atoms with Crippen LogP contribution in [0.25, 0.3) is 0 Å². The highest BCUT2D eigenvalue weighted by atomic mass is 79.9. The standard InChI is InChI=1S/C16H21BrFNO/c17-14-10-13(18)6-5-12(14)9-15(20)16(11-19)7-3-1-2-4-8-16/h5-6,10H,1-4,7-9,11,19H2. The molecule has 0 bridgehead atoms. The van der Waals surface area contributed by atoms with Crippen LogP contribution < -0.4 is 5.73 Å². The summed E-state index contributed by atoms with van der Waals surface area (Å²) in [5.74, 6) is -0.0923. The summed E-state index contributed by atoms with van der Waals surface area (Å²) in [6.45, 7) is 0.421. The fourth-order valence-electron chi connectivity index (χ4n) is 3.03. The van der Waals surface area contributed by atoms with Crippen molar-refractivity contribution in [2.45, 2.75) is 44.9 Å². The van der Waals surface area contributed by atoms with Crippen molar-refractivity contribution in [3.8, 4) is 0 Å². The smallest absolute Gasteiger partial charge is 0.144 e. The first-order valence-corrected chi connectivity index (χ1v) is 8.04. The van der Waals surface area contributed by atoms with Gasteiger partial charge in [-0.05, 0) is 30.5 Å². The van der Waals surface area contributed by atoms with Crippen LogP contribution in [0.5, 0.6) is 0 Å². The van der Waals surface area contributed by atoms with Crippen molar-refractivity contribution >= 4 is 21.7 Å². The number of benzene rings is 1. The lowest BCUT2D eigenvalue weighted by Gasteiger charge is -2.30. The van der Waals surface area contributed by atoms with E-state index in [1.54, 1.807) is 6.07 Å². The molecule has 1 aromatic carbocycles. The van der Waals surface area contributed by atoms with Gasteiger partial charge in [-0.1, -0.05) is 47.7 Å². The summed E-state index contributed by atoms with van der Waals surface area (Å²) in [6, 6.07) is 4.48. The van der Waals surface area contributed by atoms with Gasteiger partial charge in [0.15, 0.2) is 0 Å². The van der Waals surface area contributed by atoms with Gasteiger partial charge in [0.05, 0.1) is 0 Å². The van der Waals surface area contributed by atoms with E-state index in [0.717, 1.165) is 31.2 Å². The largest absolute Gasteiger partial charge is 0.329 e. The molecule has 0 heterocycles. The number of Topliss-reactive ketones (excluding diaryl/α,β-unsaturated/α-hetero) is 1. The summed E-state index contributed by atoms with van der Waals surface area (Å²) >= 11 is 3.33. The number of halogens is 2. The van der Waals surface area contributed by atoms with Crippen LogP contribution in [0.4, 0.5) is 4.39 Å². The van der Waals surface area contributed by atoms with Gasteiger partial charge < -0.3 is 5.73 Å². The van der Waals surface area contributed by atoms with Crippen molar-refractivity contribution in [1.82, 2.24) is 0 Å². The quantitative estimate of drug-likeness (QED) is 0.841. The molecule has 0 aromatic heterocycles. The lowest BCUT2D eigenvalue weighted by Crippen LogP contribution is -2.39. The highest BCUT2D eigenvalue weighted by molar-refractivity contribution is 9.10. The van der Waals surface area contributed by atoms with Gasteiger partial charge in [0, 0.05) is 22.9 Å². The van der Waals surface area contributed by atoms with E-state index in [1.165, 1.54) is 25.0 Å². The van der Waals surface area contributed by atoms with Crippen molar-refractivity contribution in [2.24, 2.45) is 11.1 Å². The van der Waals surface area contributed by atoms with E-state index >= 15 is 0 Å². The second-order valence-electron chi connectivity index (χ2n) is 5.73. The SMILES string of the molecule is NCC1(C(=O)Cc2ccc(F)cc2Br)CCCCCC1. The van der Waals surface area contributed by atoms with Crippen molar-refractivity contribution in [1.29, 1.82) is 0 Å². The van der Waals surface area contributed by atoms with Gasteiger partial charge in [-0.2, -0.15) is 0 Å². The average molecular weight is 342 g/mol. The van der Waals surface area contributed by atoms with Gasteiger partial charge in [-0.3, -0.25) is 4.79 Å². The van der Waals surface area contributed by atoms with Gasteiger partial charge >= 0.3 is 0 Å². The molecule has 1 fully saturated rings. The summed E-state index contributed by atoms with van der Waals surface area (Å²) in [5.41, 5.74) is 6.40. The minimum atomic E-state index is -0.371. The minimum Gasteiger partial charge on any atom is -0.329 e. The number of carbonyl (C=O) groups is 1. The Morgan fingerprint density at radius 3 is 2.45 bits per heavy atom. The fourth-order valence-corrected chi connectivity index (χ4v) is 3.52. The Bertz CT molecular complexity index is 481. The molecule has 1 aliphatic carbocycles. The summed E-state index contributed by atoms with van der Waals surface area (Å²) in [5, 5.41) is 0. The number of carbonyl (C=O) groups excluding carboxylic acids is 1. The van der Waals surface area contributed by atoms with Crippen LogP contribution in [0.3, 0.4) is 0 Å². The molecule has 1 aromatic rings. The van der Waals surface area contributed by atoms with Gasteiger partial charge in [0.25, 0.3) is 0 Å². The molecule has 1 aliphatic rings. The molecule has 0 radical (unpaired) electrons. The number of nitrogens with two attached hydrogens (primary N) is 1. The van der Waals surface area contributed by atoms with Crippen LogP contribution in [-0.4, -0.2) is 12.3 Å². The van der Waals surface area contributed by atoms with E-state index in [0.29, 0.717) is 17.4 Å². The van der Waals surface area contributed by atoms with E-state index in [9.17, 15) is 9.18 Å². The van der Waals surface area contributed by atoms with Crippen LogP contribution in [-0.2, 0) is 11.2 Å². The zero-order chi connectivity index (χ0) is 14.6. The third-order valence-corrected chi connectivity index (χ3v) is 5.15. The molecule has 2 nitrogen and oxygen atoms in total. The first-order chi connectivity index (χ1) is 9.57. The fraction of sp³-hybridized carbons (Fsp3) is 0.562. The van der Waals surface area contributed by atoms with Crippen LogP contribution in [0, 0.1) is 11.2 Å². The van der Waals surface area contributed by atoms with E-state index in [-0.39, 0.29) is 17.0 Å². The lowest BCUT2D eigenvalue weighted by atomic mass is 9.75. The highest BCUT2D eigenvalue weighted by Gasteiger charge is 2.36. The van der Waals surface area contributed by atoms with Crippen LogP contribution in [0.2, 0.25) is 0 Å². The number of rotatable bonds is 4. The minimum absolute atomic E-state index is 0.203. The normalized spacial score (nSPS) is 18.6. The van der Waals surface area contributed by atoms with E-state index in [1.807, 2.05) is 0 Å². The molecule has 0 unspecified atom stereocenters. The maximum Gasteiger partial charge on any atom is 0.144 e. The highest BCUT2D eigenvalue weighted by Crippen LogP contribution is 2.36. The van der Waals surface area contributed by atoms with Crippen LogP contribution in [0.1, 0.15) is 44.1 Å². The zero-order valence-electron chi connectivity index (χ0n) is 11.6. The topological polar surface area (TPSA) is 43.1 Å². The molecule has 110 valence electrons. The molecule has 1 saturated carbocycles. The van der Waals surface area contributed by atoms with Gasteiger partial charge in [-0.15, -0.1) is 0 Å². The van der Waals surface area contributed by atoms with Crippen molar-refractivity contribution in [2.75, 3.05) is 6.54 Å². The van der Waals surface area contributed by atoms with Crippen molar-refractivity contribution in [3.05, 3.63) is 34.1 Å². The van der Waals surface area contributed by atoms with Gasteiger partial charge in [-0.25, -0.2) is 4.39 Å². The molecule has 0 aliphatic heterocycles. The summed E-state index contributed by atoms with van der Waals surface area (Å²) in [4.78, 5) is 12.7. The van der Waals surface area contributed by atoms with Crippen molar-refractivity contribution in [3.63, 3.8) is 0 Å². The maximum atomic E-state index is 13.1. The van der Waals surface area contributed by atoms with Gasteiger partial charge in [0.1, 0.15) is 11.6 Å². The summed E-state index contributed by atoms with van der Waals surface area (Å²) in [6.07, 6.45) is 6.64. The molecule has 0 amide bonds. The average Bonchev–Trinajstić information content (AvgIpc) is 2.68. The second kappa shape index (κ2) is 6.81. The number of hydrogen-bond donors (Lipinski definition) is 1. The third-order valence-electron chi connectivity index (χ3n) is 4.41. The van der Waals surface area contributed by atoms with Gasteiger partial charge in [0.2, 0.25) is 0 Å². The molecule has 2 N–H and O–H groups in total. The molecular weight excluding hydrogens is 321 g/mol. The Labute approximate surface area is 128 Å². The zero-order valence-corrected chi connectivity index (χ0v) is 13.2. The Kier molecular flexibility index (Phi) is 5.33. The Balaban J connectivity index is 2.16. The predicted octanol–water partition coefficient (Wildman–Crippen LogP) is 4.00. The first-order valence-electron chi connectivity index (χ1n) is 7.25. The molecule has 20 heavy (non-hydrogen) atoms. The number of ketones is 1. The Morgan fingerprint density at radius 1 is 1.25 bits per heavy atom. The van der Waals surface area contributed by atoms with E-state index in [2.05, 4.69) is 15.9 Å². The maximum absolute atomic E-state index is 13.1. The molecule has 0 spiro atoms. The Hall–Kier alpha value is -0.740. The molecular formula is C16H21BrFNO. The van der Waals surface area contributed by atoms with Crippen molar-refractivity contribution < 1.29 is 9.18 Å². The third kappa shape index (κ3) is 3.47. The van der Waals surface area contributed by atoms with E-state index in [4.69, 9.17) is 5.73 Å².